The molecule has 0 N–H and O–H groups in total. The Morgan fingerprint density at radius 2 is 1.26 bits per heavy atom. The van der Waals surface area contributed by atoms with Crippen molar-refractivity contribution in [3.05, 3.63) is 108 Å². The molecule has 0 saturated heterocycles. The van der Waals surface area contributed by atoms with E-state index in [1.165, 1.54) is 5.30 Å². The quantitative estimate of drug-likeness (QED) is 0.270. The Balaban J connectivity index is -0.000000601. The van der Waals surface area contributed by atoms with Crippen LogP contribution in [0.1, 0.15) is 47.2 Å². The molecule has 200 valence electrons. The Morgan fingerprint density at radius 1 is 0.737 bits per heavy atom. The van der Waals surface area contributed by atoms with Crippen LogP contribution in [-0.4, -0.2) is 44.6 Å². The summed E-state index contributed by atoms with van der Waals surface area (Å²) in [5.41, 5.74) is 2.00. The van der Waals surface area contributed by atoms with E-state index in [1.807, 2.05) is 96.4 Å². The van der Waals surface area contributed by atoms with Crippen molar-refractivity contribution in [2.45, 2.75) is 41.5 Å². The second kappa shape index (κ2) is 32.0. The molecule has 0 saturated carbocycles. The van der Waals surface area contributed by atoms with Crippen molar-refractivity contribution in [3.8, 4) is 0 Å². The molecule has 5 nitrogen and oxygen atoms in total. The van der Waals surface area contributed by atoms with Gasteiger partial charge in [-0.3, -0.25) is 4.98 Å². The van der Waals surface area contributed by atoms with Crippen LogP contribution in [0.2, 0.25) is 0 Å². The molecule has 0 aliphatic carbocycles. The zero-order valence-electron chi connectivity index (χ0n) is 25.0. The van der Waals surface area contributed by atoms with E-state index in [2.05, 4.69) is 46.5 Å². The Bertz CT molecular complexity index is 802. The summed E-state index contributed by atoms with van der Waals surface area (Å²) in [5, 5.41) is 5.70. The van der Waals surface area contributed by atoms with Crippen LogP contribution >= 0.6 is 7.92 Å². The number of allylic oxidation sites excluding steroid dienone is 3. The van der Waals surface area contributed by atoms with Crippen LogP contribution < -0.4 is 43.0 Å². The van der Waals surface area contributed by atoms with Crippen molar-refractivity contribution in [3.63, 3.8) is 0 Å². The maximum Gasteiger partial charge on any atom is 1.00 e. The van der Waals surface area contributed by atoms with Crippen molar-refractivity contribution in [2.24, 2.45) is 0 Å². The second-order valence-corrected chi connectivity index (χ2v) is 8.70. The van der Waals surface area contributed by atoms with Crippen molar-refractivity contribution in [2.75, 3.05) is 39.6 Å². The molecular formula is C30H45Li2N2O3P. The van der Waals surface area contributed by atoms with Gasteiger partial charge in [0.15, 0.2) is 0 Å². The fourth-order valence-corrected chi connectivity index (χ4v) is 4.35. The Hall–Kier alpha value is -1.24. The van der Waals surface area contributed by atoms with Gasteiger partial charge in [0.05, 0.1) is 0 Å². The van der Waals surface area contributed by atoms with Crippen molar-refractivity contribution in [1.82, 2.24) is 4.98 Å². The van der Waals surface area contributed by atoms with Gasteiger partial charge in [-0.15, -0.1) is 19.7 Å². The van der Waals surface area contributed by atoms with Gasteiger partial charge in [-0.2, -0.15) is 18.4 Å². The predicted molar refractivity (Wildman–Crippen MR) is 157 cm³/mol. The van der Waals surface area contributed by atoms with E-state index >= 15 is 0 Å². The van der Waals surface area contributed by atoms with Gasteiger partial charge in [0.1, 0.15) is 0 Å². The zero-order valence-corrected chi connectivity index (χ0v) is 25.9. The molecule has 0 radical (unpaired) electrons. The molecule has 0 bridgehead atoms. The average Bonchev–Trinajstić information content (AvgIpc) is 2.93. The monoisotopic (exact) mass is 526 g/mol. The molecule has 0 amide bonds. The average molecular weight is 527 g/mol. The first-order valence-electron chi connectivity index (χ1n) is 12.7. The second-order valence-electron chi connectivity index (χ2n) is 6.85. The molecule has 0 spiro atoms. The van der Waals surface area contributed by atoms with Crippen LogP contribution in [0.3, 0.4) is 0 Å². The summed E-state index contributed by atoms with van der Waals surface area (Å²) in [6.07, 6.45) is 11.8. The first-order valence-corrected chi connectivity index (χ1v) is 14.2. The third kappa shape index (κ3) is 23.9. The summed E-state index contributed by atoms with van der Waals surface area (Å²) in [6.45, 7) is 17.0. The van der Waals surface area contributed by atoms with Gasteiger partial charge in [0, 0.05) is 45.8 Å². The normalized spacial score (nSPS) is 12.4. The fourth-order valence-electron chi connectivity index (χ4n) is 2.59. The van der Waals surface area contributed by atoms with Crippen LogP contribution in [0.4, 0.5) is 0 Å². The van der Waals surface area contributed by atoms with E-state index in [0.717, 1.165) is 51.0 Å². The predicted octanol–water partition coefficient (Wildman–Crippen LogP) is 1.83. The minimum atomic E-state index is -0.583. The maximum atomic E-state index is 4.83. The van der Waals surface area contributed by atoms with E-state index in [4.69, 9.17) is 14.2 Å². The van der Waals surface area contributed by atoms with E-state index in [0.29, 0.717) is 0 Å². The minimum Gasteiger partial charge on any atom is -0.664 e. The van der Waals surface area contributed by atoms with Crippen LogP contribution in [0.15, 0.2) is 90.7 Å². The number of rotatable bonds is 10. The molecule has 0 fully saturated rings. The molecule has 1 aromatic carbocycles. The van der Waals surface area contributed by atoms with Crippen molar-refractivity contribution < 1.29 is 51.9 Å². The standard InChI is InChI=1S/C18H15N2P.3C4H10O.2Li/c1-2-10-18(11-3-1)21(14-16-8-4-6-12-19-16)15-17-9-5-7-13-20-17;3*1-3-5-4-2;;/h1-15H;3*3-4H2,1-2H3;;/q-2;;;;2*+1/b16-14-;;;;;. The number of ether oxygens (including phenoxy) is 3. The molecule has 1 aliphatic rings. The van der Waals surface area contributed by atoms with Crippen LogP contribution in [-0.2, 0) is 14.2 Å². The molecule has 2 aromatic rings. The number of nitrogens with zero attached hydrogens (tertiary/aromatic N) is 2. The first kappa shape index (κ1) is 41.2. The molecule has 8 heteroatoms. The maximum absolute atomic E-state index is 4.83. The molecule has 1 atom stereocenters. The smallest absolute Gasteiger partial charge is 0.664 e. The van der Waals surface area contributed by atoms with Crippen LogP contribution in [0.5, 0.6) is 0 Å². The summed E-state index contributed by atoms with van der Waals surface area (Å²) in [5.74, 6) is 2.22. The number of pyridine rings is 1. The number of benzene rings is 1. The molecule has 1 unspecified atom stereocenters. The number of hydrogen-bond donors (Lipinski definition) is 0. The molecule has 1 aliphatic heterocycles. The molecule has 38 heavy (non-hydrogen) atoms. The largest absolute Gasteiger partial charge is 1.00 e. The first-order chi connectivity index (χ1) is 17.7. The minimum absolute atomic E-state index is 0. The molecule has 3 rings (SSSR count). The van der Waals surface area contributed by atoms with Gasteiger partial charge in [0.25, 0.3) is 0 Å². The zero-order chi connectivity index (χ0) is 26.7. The summed E-state index contributed by atoms with van der Waals surface area (Å²) < 4.78 is 14.5. The topological polar surface area (TPSA) is 54.7 Å². The fraction of sp³-hybridized carbons (Fsp3) is 0.400. The number of aromatic nitrogens is 1. The van der Waals surface area contributed by atoms with Crippen LogP contribution in [0, 0.1) is 6.16 Å². The van der Waals surface area contributed by atoms with E-state index in [1.54, 1.807) is 0 Å². The molecular weight excluding hydrogens is 481 g/mol. The third-order valence-electron chi connectivity index (χ3n) is 4.20. The molecule has 2 heterocycles. The van der Waals surface area contributed by atoms with Crippen LogP contribution in [0.25, 0.3) is 5.32 Å². The van der Waals surface area contributed by atoms with Crippen molar-refractivity contribution in [1.29, 1.82) is 0 Å². The van der Waals surface area contributed by atoms with Gasteiger partial charge < -0.3 is 19.5 Å². The van der Waals surface area contributed by atoms with E-state index in [9.17, 15) is 0 Å². The summed E-state index contributed by atoms with van der Waals surface area (Å²) in [6, 6.07) is 16.5. The third-order valence-corrected chi connectivity index (χ3v) is 6.18. The Morgan fingerprint density at radius 3 is 1.66 bits per heavy atom. The summed E-state index contributed by atoms with van der Waals surface area (Å²) in [4.78, 5) is 4.41. The SMILES string of the molecule is C1=C[N-]/C(=C\P([CH-]c2ccccn2)c2ccccc2)C=C1.CCOCC.CCOCC.CCOCC.[Li+].[Li+]. The van der Waals surface area contributed by atoms with Gasteiger partial charge in [-0.1, -0.05) is 66.1 Å². The van der Waals surface area contributed by atoms with E-state index in [-0.39, 0.29) is 37.7 Å². The van der Waals surface area contributed by atoms with Crippen molar-refractivity contribution >= 4 is 13.2 Å². The van der Waals surface area contributed by atoms with Gasteiger partial charge >= 0.3 is 37.7 Å². The number of hydrogen-bond acceptors (Lipinski definition) is 4. The molecule has 1 aromatic heterocycles. The van der Waals surface area contributed by atoms with Gasteiger partial charge in [-0.25, -0.2) is 0 Å². The summed E-state index contributed by atoms with van der Waals surface area (Å²) >= 11 is 0. The van der Waals surface area contributed by atoms with Gasteiger partial charge in [-0.05, 0) is 46.8 Å². The Labute approximate surface area is 258 Å². The summed E-state index contributed by atoms with van der Waals surface area (Å²) in [7, 11) is -0.583. The Kier molecular flexibility index (Phi) is 34.7. The van der Waals surface area contributed by atoms with E-state index < -0.39 is 7.92 Å². The van der Waals surface area contributed by atoms with Gasteiger partial charge in [0.2, 0.25) is 0 Å².